The predicted octanol–water partition coefficient (Wildman–Crippen LogP) is 2.53. The van der Waals surface area contributed by atoms with Gasteiger partial charge in [0.15, 0.2) is 5.15 Å². The second-order valence-corrected chi connectivity index (χ2v) is 5.65. The summed E-state index contributed by atoms with van der Waals surface area (Å²) in [5.41, 5.74) is 1.49. The zero-order valence-electron chi connectivity index (χ0n) is 12.7. The first-order valence-electron chi connectivity index (χ1n) is 7.19. The van der Waals surface area contributed by atoms with Crippen molar-refractivity contribution in [3.63, 3.8) is 0 Å². The van der Waals surface area contributed by atoms with Gasteiger partial charge < -0.3 is 15.2 Å². The third kappa shape index (κ3) is 4.94. The van der Waals surface area contributed by atoms with E-state index in [1.807, 2.05) is 38.1 Å². The van der Waals surface area contributed by atoms with Crippen molar-refractivity contribution in [1.29, 1.82) is 0 Å². The van der Waals surface area contributed by atoms with E-state index in [0.717, 1.165) is 5.56 Å². The Morgan fingerprint density at radius 3 is 2.64 bits per heavy atom. The molecule has 0 saturated heterocycles. The number of hydrogen-bond donors (Lipinski definition) is 2. The molecular weight excluding hydrogens is 302 g/mol. The highest BCUT2D eigenvalue weighted by Crippen LogP contribution is 2.28. The number of aliphatic hydroxyl groups is 1. The summed E-state index contributed by atoms with van der Waals surface area (Å²) in [7, 11) is 0. The lowest BCUT2D eigenvalue weighted by Gasteiger charge is -2.16. The minimum absolute atomic E-state index is 0.206. The average molecular weight is 322 g/mol. The van der Waals surface area contributed by atoms with Gasteiger partial charge in [-0.15, -0.1) is 10.2 Å². The van der Waals surface area contributed by atoms with Gasteiger partial charge in [-0.3, -0.25) is 0 Å². The normalized spacial score (nSPS) is 12.4. The minimum atomic E-state index is -0.577. The number of nitrogens with zero attached hydrogens (tertiary/aromatic N) is 2. The van der Waals surface area contributed by atoms with E-state index in [4.69, 9.17) is 16.3 Å². The molecule has 0 saturated carbocycles. The van der Waals surface area contributed by atoms with Crippen molar-refractivity contribution in [1.82, 2.24) is 15.5 Å². The molecule has 6 heteroatoms. The molecular formula is C16H20ClN3O2. The third-order valence-corrected chi connectivity index (χ3v) is 3.19. The maximum Gasteiger partial charge on any atom is 0.151 e. The monoisotopic (exact) mass is 321 g/mol. The van der Waals surface area contributed by atoms with Crippen LogP contribution in [0.5, 0.6) is 5.75 Å². The van der Waals surface area contributed by atoms with Crippen molar-refractivity contribution in [3.8, 4) is 17.0 Å². The van der Waals surface area contributed by atoms with E-state index >= 15 is 0 Å². The number of hydrogen-bond acceptors (Lipinski definition) is 5. The van der Waals surface area contributed by atoms with Crippen LogP contribution in [0.1, 0.15) is 13.8 Å². The number of benzene rings is 1. The summed E-state index contributed by atoms with van der Waals surface area (Å²) in [6, 6.07) is 11.3. The maximum atomic E-state index is 9.92. The van der Waals surface area contributed by atoms with Gasteiger partial charge >= 0.3 is 0 Å². The fourth-order valence-electron chi connectivity index (χ4n) is 1.88. The molecule has 118 valence electrons. The van der Waals surface area contributed by atoms with Crippen molar-refractivity contribution in [2.45, 2.75) is 26.0 Å². The lowest BCUT2D eigenvalue weighted by atomic mass is 10.1. The van der Waals surface area contributed by atoms with Crippen molar-refractivity contribution >= 4 is 11.6 Å². The zero-order valence-corrected chi connectivity index (χ0v) is 13.4. The van der Waals surface area contributed by atoms with Crippen LogP contribution in [0.15, 0.2) is 36.4 Å². The Kier molecular flexibility index (Phi) is 6.12. The largest absolute Gasteiger partial charge is 0.490 e. The smallest absolute Gasteiger partial charge is 0.151 e. The van der Waals surface area contributed by atoms with Crippen LogP contribution in [0.3, 0.4) is 0 Å². The van der Waals surface area contributed by atoms with Gasteiger partial charge in [0.05, 0.1) is 5.69 Å². The van der Waals surface area contributed by atoms with Crippen molar-refractivity contribution in [2.24, 2.45) is 0 Å². The summed E-state index contributed by atoms with van der Waals surface area (Å²) in [4.78, 5) is 0. The molecule has 0 amide bonds. The standard InChI is InChI=1S/C16H20ClN3O2/c1-11(2)18-9-12(21)10-22-15-6-4-3-5-13(15)14-7-8-16(17)20-19-14/h3-8,11-12,18,21H,9-10H2,1-2H3. The highest BCUT2D eigenvalue weighted by molar-refractivity contribution is 6.29. The fourth-order valence-corrected chi connectivity index (χ4v) is 1.98. The number of aromatic nitrogens is 2. The molecule has 0 bridgehead atoms. The number of ether oxygens (including phenoxy) is 1. The van der Waals surface area contributed by atoms with Gasteiger partial charge in [0, 0.05) is 18.2 Å². The molecule has 0 aliphatic carbocycles. The molecule has 1 atom stereocenters. The Balaban J connectivity index is 2.04. The van der Waals surface area contributed by atoms with Gasteiger partial charge in [-0.05, 0) is 24.3 Å². The molecule has 0 aliphatic heterocycles. The molecule has 22 heavy (non-hydrogen) atoms. The lowest BCUT2D eigenvalue weighted by Crippen LogP contribution is -2.35. The molecule has 0 radical (unpaired) electrons. The van der Waals surface area contributed by atoms with Crippen LogP contribution in [0.2, 0.25) is 5.15 Å². The van der Waals surface area contributed by atoms with Crippen LogP contribution in [0.4, 0.5) is 0 Å². The first kappa shape index (κ1) is 16.7. The van der Waals surface area contributed by atoms with Crippen LogP contribution in [-0.4, -0.2) is 40.6 Å². The molecule has 5 nitrogen and oxygen atoms in total. The Morgan fingerprint density at radius 1 is 1.18 bits per heavy atom. The summed E-state index contributed by atoms with van der Waals surface area (Å²) >= 11 is 5.76. The van der Waals surface area contributed by atoms with E-state index in [-0.39, 0.29) is 6.61 Å². The van der Waals surface area contributed by atoms with Crippen molar-refractivity contribution < 1.29 is 9.84 Å². The van der Waals surface area contributed by atoms with Gasteiger partial charge in [0.25, 0.3) is 0 Å². The zero-order chi connectivity index (χ0) is 15.9. The molecule has 1 heterocycles. The van der Waals surface area contributed by atoms with Crippen LogP contribution >= 0.6 is 11.6 Å². The summed E-state index contributed by atoms with van der Waals surface area (Å²) in [6.45, 7) is 4.75. The van der Waals surface area contributed by atoms with Crippen LogP contribution in [-0.2, 0) is 0 Å². The van der Waals surface area contributed by atoms with Gasteiger partial charge in [-0.25, -0.2) is 0 Å². The molecule has 1 unspecified atom stereocenters. The lowest BCUT2D eigenvalue weighted by molar-refractivity contribution is 0.105. The van der Waals surface area contributed by atoms with Gasteiger partial charge in [-0.2, -0.15) is 0 Å². The highest BCUT2D eigenvalue weighted by Gasteiger charge is 2.11. The van der Waals surface area contributed by atoms with Gasteiger partial charge in [-0.1, -0.05) is 37.6 Å². The first-order chi connectivity index (χ1) is 10.6. The van der Waals surface area contributed by atoms with Gasteiger partial charge in [0.1, 0.15) is 18.5 Å². The third-order valence-electron chi connectivity index (χ3n) is 2.99. The van der Waals surface area contributed by atoms with E-state index < -0.39 is 6.10 Å². The van der Waals surface area contributed by atoms with E-state index in [2.05, 4.69) is 15.5 Å². The van der Waals surface area contributed by atoms with Crippen molar-refractivity contribution in [2.75, 3.05) is 13.2 Å². The summed E-state index contributed by atoms with van der Waals surface area (Å²) in [5, 5.41) is 21.3. The summed E-state index contributed by atoms with van der Waals surface area (Å²) < 4.78 is 5.73. The quantitative estimate of drug-likeness (QED) is 0.820. The summed E-state index contributed by atoms with van der Waals surface area (Å²) in [6.07, 6.45) is -0.577. The Bertz CT molecular complexity index is 590. The number of nitrogens with one attached hydrogen (secondary N) is 1. The van der Waals surface area contributed by atoms with Crippen LogP contribution in [0, 0.1) is 0 Å². The van der Waals surface area contributed by atoms with E-state index in [1.54, 1.807) is 12.1 Å². The number of para-hydroxylation sites is 1. The van der Waals surface area contributed by atoms with Gasteiger partial charge in [0.2, 0.25) is 0 Å². The second kappa shape index (κ2) is 8.08. The fraction of sp³-hybridized carbons (Fsp3) is 0.375. The predicted molar refractivity (Wildman–Crippen MR) is 87.1 cm³/mol. The SMILES string of the molecule is CC(C)NCC(O)COc1ccccc1-c1ccc(Cl)nn1. The Morgan fingerprint density at radius 2 is 1.95 bits per heavy atom. The van der Waals surface area contributed by atoms with E-state index in [1.165, 1.54) is 0 Å². The number of rotatable bonds is 7. The molecule has 0 fully saturated rings. The van der Waals surface area contributed by atoms with E-state index in [9.17, 15) is 5.11 Å². The molecule has 0 aliphatic rings. The average Bonchev–Trinajstić information content (AvgIpc) is 2.52. The summed E-state index contributed by atoms with van der Waals surface area (Å²) in [5.74, 6) is 0.655. The first-order valence-corrected chi connectivity index (χ1v) is 7.57. The highest BCUT2D eigenvalue weighted by atomic mass is 35.5. The van der Waals surface area contributed by atoms with E-state index in [0.29, 0.717) is 29.2 Å². The number of aliphatic hydroxyl groups excluding tert-OH is 1. The molecule has 2 N–H and O–H groups in total. The second-order valence-electron chi connectivity index (χ2n) is 5.27. The molecule has 2 aromatic rings. The molecule has 1 aromatic carbocycles. The number of halogens is 1. The maximum absolute atomic E-state index is 9.92. The molecule has 0 spiro atoms. The van der Waals surface area contributed by atoms with Crippen LogP contribution < -0.4 is 10.1 Å². The Hall–Kier alpha value is -1.69. The molecule has 1 aromatic heterocycles. The Labute approximate surface area is 135 Å². The molecule has 2 rings (SSSR count). The van der Waals surface area contributed by atoms with Crippen LogP contribution in [0.25, 0.3) is 11.3 Å². The van der Waals surface area contributed by atoms with Crippen molar-refractivity contribution in [3.05, 3.63) is 41.6 Å². The minimum Gasteiger partial charge on any atom is -0.490 e. The topological polar surface area (TPSA) is 67.3 Å².